The molecule has 0 spiro atoms. The zero-order valence-electron chi connectivity index (χ0n) is 15.8. The molecule has 2 N–H and O–H groups in total. The number of carboxylic acid groups (broad SMARTS) is 1. The predicted molar refractivity (Wildman–Crippen MR) is 118 cm³/mol. The fraction of sp³-hybridized carbons (Fsp3) is 0.182. The summed E-state index contributed by atoms with van der Waals surface area (Å²) in [6.45, 7) is 7.83. The number of aliphatic carboxylic acids is 1. The Morgan fingerprint density at radius 2 is 2.07 bits per heavy atom. The van der Waals surface area contributed by atoms with Crippen molar-refractivity contribution in [3.8, 4) is 0 Å². The fourth-order valence-corrected chi connectivity index (χ4v) is 3.71. The van der Waals surface area contributed by atoms with E-state index in [9.17, 15) is 4.79 Å². The molecule has 1 aliphatic rings. The SMILES string of the molecule is C=C/C=C(\C(Br)=C/CC(=O)O)n1c(C)cc2c1NC(c1ccccc1)N=C2C. The summed E-state index contributed by atoms with van der Waals surface area (Å²) in [5.74, 6) is 0.0408. The van der Waals surface area contributed by atoms with Gasteiger partial charge in [-0.2, -0.15) is 0 Å². The summed E-state index contributed by atoms with van der Waals surface area (Å²) in [7, 11) is 0. The number of rotatable bonds is 6. The Labute approximate surface area is 172 Å². The van der Waals surface area contributed by atoms with Crippen LogP contribution in [0.3, 0.4) is 0 Å². The number of aliphatic imine (C=N–C) groups is 1. The number of carbonyl (C=O) groups is 1. The molecule has 3 rings (SSSR count). The molecule has 0 bridgehead atoms. The summed E-state index contributed by atoms with van der Waals surface area (Å²) in [6.07, 6.45) is 4.93. The van der Waals surface area contributed by atoms with Gasteiger partial charge in [0, 0.05) is 21.5 Å². The second kappa shape index (κ2) is 8.44. The highest BCUT2D eigenvalue weighted by atomic mass is 79.9. The third-order valence-corrected chi connectivity index (χ3v) is 5.23. The van der Waals surface area contributed by atoms with Crippen LogP contribution in [0.15, 0.2) is 70.7 Å². The van der Waals surface area contributed by atoms with Gasteiger partial charge >= 0.3 is 5.97 Å². The van der Waals surface area contributed by atoms with E-state index < -0.39 is 5.97 Å². The summed E-state index contributed by atoms with van der Waals surface area (Å²) >= 11 is 3.54. The number of hydrogen-bond donors (Lipinski definition) is 2. The Morgan fingerprint density at radius 3 is 2.71 bits per heavy atom. The van der Waals surface area contributed by atoms with Crippen molar-refractivity contribution in [2.24, 2.45) is 4.99 Å². The molecule has 0 amide bonds. The number of anilines is 1. The second-order valence-electron chi connectivity index (χ2n) is 6.49. The van der Waals surface area contributed by atoms with E-state index in [0.717, 1.165) is 34.0 Å². The van der Waals surface area contributed by atoms with Crippen LogP contribution in [-0.4, -0.2) is 21.4 Å². The maximum Gasteiger partial charge on any atom is 0.307 e. The molecule has 6 heteroatoms. The fourth-order valence-electron chi connectivity index (χ4n) is 3.24. The van der Waals surface area contributed by atoms with Gasteiger partial charge in [-0.05, 0) is 47.5 Å². The van der Waals surface area contributed by atoms with Gasteiger partial charge < -0.3 is 10.4 Å². The molecular weight excluding hydrogens is 418 g/mol. The van der Waals surface area contributed by atoms with E-state index in [0.29, 0.717) is 4.48 Å². The average Bonchev–Trinajstić information content (AvgIpc) is 3.01. The molecule has 1 unspecified atom stereocenters. The average molecular weight is 440 g/mol. The minimum Gasteiger partial charge on any atom is -0.481 e. The number of benzene rings is 1. The highest BCUT2D eigenvalue weighted by Gasteiger charge is 2.25. The topological polar surface area (TPSA) is 66.6 Å². The largest absolute Gasteiger partial charge is 0.481 e. The molecule has 1 aromatic heterocycles. The third kappa shape index (κ3) is 4.02. The van der Waals surface area contributed by atoms with E-state index in [1.807, 2.05) is 50.3 Å². The first-order chi connectivity index (χ1) is 13.4. The Morgan fingerprint density at radius 1 is 1.36 bits per heavy atom. The van der Waals surface area contributed by atoms with Crippen molar-refractivity contribution in [2.45, 2.75) is 26.4 Å². The van der Waals surface area contributed by atoms with Gasteiger partial charge in [0.2, 0.25) is 0 Å². The molecule has 1 aromatic carbocycles. The van der Waals surface area contributed by atoms with Crippen LogP contribution in [0.1, 0.15) is 36.3 Å². The molecule has 1 aliphatic heterocycles. The van der Waals surface area contributed by atoms with Crippen molar-refractivity contribution in [3.63, 3.8) is 0 Å². The van der Waals surface area contributed by atoms with Gasteiger partial charge in [0.15, 0.2) is 0 Å². The summed E-state index contributed by atoms with van der Waals surface area (Å²) < 4.78 is 2.75. The van der Waals surface area contributed by atoms with E-state index in [-0.39, 0.29) is 12.6 Å². The number of hydrogen-bond acceptors (Lipinski definition) is 3. The summed E-state index contributed by atoms with van der Waals surface area (Å²) in [6, 6.07) is 12.1. The van der Waals surface area contributed by atoms with E-state index in [1.165, 1.54) is 0 Å². The first-order valence-electron chi connectivity index (χ1n) is 8.92. The Kier molecular flexibility index (Phi) is 5.99. The van der Waals surface area contributed by atoms with Gasteiger partial charge in [-0.15, -0.1) is 0 Å². The van der Waals surface area contributed by atoms with Crippen LogP contribution in [0.25, 0.3) is 5.70 Å². The molecule has 2 heterocycles. The highest BCUT2D eigenvalue weighted by molar-refractivity contribution is 9.12. The summed E-state index contributed by atoms with van der Waals surface area (Å²) in [5.41, 5.74) is 4.87. The van der Waals surface area contributed by atoms with Crippen molar-refractivity contribution >= 4 is 39.1 Å². The molecule has 0 aliphatic carbocycles. The standard InChI is InChI=1S/C22H22BrN3O2/c1-4-8-19(18(23)11-12-20(27)28)26-14(2)13-17-15(3)24-21(25-22(17)26)16-9-6-5-7-10-16/h4-11,13,21,25H,1,12H2,2-3H3,(H,27,28)/b18-11+,19-8+. The Bertz CT molecular complexity index is 1000. The normalized spacial score (nSPS) is 16.8. The van der Waals surface area contributed by atoms with Gasteiger partial charge in [-0.3, -0.25) is 14.4 Å². The first-order valence-corrected chi connectivity index (χ1v) is 9.71. The molecule has 1 atom stereocenters. The van der Waals surface area contributed by atoms with Crippen LogP contribution >= 0.6 is 15.9 Å². The van der Waals surface area contributed by atoms with Crippen molar-refractivity contribution < 1.29 is 9.90 Å². The number of halogens is 1. The van der Waals surface area contributed by atoms with Crippen molar-refractivity contribution in [1.82, 2.24) is 4.57 Å². The number of carboxylic acids is 1. The predicted octanol–water partition coefficient (Wildman–Crippen LogP) is 5.51. The van der Waals surface area contributed by atoms with Crippen LogP contribution in [0.2, 0.25) is 0 Å². The Balaban J connectivity index is 2.09. The van der Waals surface area contributed by atoms with Gasteiger partial charge in [0.25, 0.3) is 0 Å². The number of aromatic nitrogens is 1. The number of nitrogens with zero attached hydrogens (tertiary/aromatic N) is 2. The molecule has 5 nitrogen and oxygen atoms in total. The second-order valence-corrected chi connectivity index (χ2v) is 7.35. The Hall–Kier alpha value is -2.86. The third-order valence-electron chi connectivity index (χ3n) is 4.50. The molecule has 0 radical (unpaired) electrons. The van der Waals surface area contributed by atoms with Crippen LogP contribution < -0.4 is 5.32 Å². The summed E-state index contributed by atoms with van der Waals surface area (Å²) in [4.78, 5) is 15.8. The molecular formula is C22H22BrN3O2. The van der Waals surface area contributed by atoms with E-state index in [1.54, 1.807) is 12.2 Å². The van der Waals surface area contributed by atoms with Gasteiger partial charge in [0.05, 0.1) is 12.1 Å². The number of aryl methyl sites for hydroxylation is 1. The van der Waals surface area contributed by atoms with Crippen molar-refractivity contribution in [2.75, 3.05) is 5.32 Å². The molecule has 2 aromatic rings. The van der Waals surface area contributed by atoms with Crippen molar-refractivity contribution in [1.29, 1.82) is 0 Å². The molecule has 144 valence electrons. The minimum atomic E-state index is -0.883. The van der Waals surface area contributed by atoms with Gasteiger partial charge in [0.1, 0.15) is 12.0 Å². The lowest BCUT2D eigenvalue weighted by Gasteiger charge is -2.25. The lowest BCUT2D eigenvalue weighted by atomic mass is 10.1. The van der Waals surface area contributed by atoms with E-state index in [2.05, 4.69) is 38.5 Å². The van der Waals surface area contributed by atoms with Gasteiger partial charge in [-0.25, -0.2) is 0 Å². The molecule has 0 fully saturated rings. The maximum absolute atomic E-state index is 11.0. The van der Waals surface area contributed by atoms with E-state index in [4.69, 9.17) is 10.1 Å². The lowest BCUT2D eigenvalue weighted by Crippen LogP contribution is -2.20. The monoisotopic (exact) mass is 439 g/mol. The number of fused-ring (bicyclic) bond motifs is 1. The van der Waals surface area contributed by atoms with E-state index >= 15 is 0 Å². The van der Waals surface area contributed by atoms with Crippen LogP contribution in [0.4, 0.5) is 5.82 Å². The number of nitrogens with one attached hydrogen (secondary N) is 1. The quantitative estimate of drug-likeness (QED) is 0.582. The lowest BCUT2D eigenvalue weighted by molar-refractivity contribution is -0.136. The zero-order valence-corrected chi connectivity index (χ0v) is 17.4. The smallest absolute Gasteiger partial charge is 0.307 e. The number of allylic oxidation sites excluding steroid dienone is 4. The highest BCUT2D eigenvalue weighted by Crippen LogP contribution is 2.37. The summed E-state index contributed by atoms with van der Waals surface area (Å²) in [5, 5.41) is 12.5. The maximum atomic E-state index is 11.0. The molecule has 28 heavy (non-hydrogen) atoms. The van der Waals surface area contributed by atoms with Crippen LogP contribution in [-0.2, 0) is 4.79 Å². The van der Waals surface area contributed by atoms with Crippen molar-refractivity contribution in [3.05, 3.63) is 82.5 Å². The van der Waals surface area contributed by atoms with Gasteiger partial charge in [-0.1, -0.05) is 49.1 Å². The molecule has 0 saturated heterocycles. The zero-order chi connectivity index (χ0) is 20.3. The molecule has 0 saturated carbocycles. The minimum absolute atomic E-state index is 0.0713. The van der Waals surface area contributed by atoms with Crippen LogP contribution in [0, 0.1) is 6.92 Å². The van der Waals surface area contributed by atoms with Crippen LogP contribution in [0.5, 0.6) is 0 Å². The first kappa shape index (κ1) is 19.9.